The molecule has 1 rings (SSSR count). The van der Waals surface area contributed by atoms with Gasteiger partial charge in [-0.2, -0.15) is 0 Å². The summed E-state index contributed by atoms with van der Waals surface area (Å²) in [5.74, 6) is 0.188. The molecule has 5 heteroatoms. The topological polar surface area (TPSA) is 55.8 Å². The molecule has 0 heterocycles. The van der Waals surface area contributed by atoms with E-state index in [9.17, 15) is 9.59 Å². The first-order valence-corrected chi connectivity index (χ1v) is 22.3. The average Bonchev–Trinajstić information content (AvgIpc) is 3.13. The molecule has 0 saturated heterocycles. The quantitative estimate of drug-likeness (QED) is 0.0390. The molecule has 1 aromatic rings. The lowest BCUT2D eigenvalue weighted by atomic mass is 9.91. The van der Waals surface area contributed by atoms with Gasteiger partial charge in [0, 0.05) is 19.4 Å². The standard InChI is InChI=1S/C48H83NO4/c1-6-9-12-15-18-19-20-21-22-23-24-25-26-29-32-35-47(50)52-41-45-36-44(40-49(4)5)37-46(38-45)42-53-48(51)39-43(33-30-27-16-13-10-7-2)34-31-28-17-14-11-8-3/h18-19,21-22,36-38,43H,6-17,20,23-35,39-42H2,1-5H3. The fourth-order valence-corrected chi connectivity index (χ4v) is 7.01. The number of nitrogens with zero attached hydrogens (tertiary/aromatic N) is 1. The molecule has 304 valence electrons. The van der Waals surface area contributed by atoms with E-state index in [1.165, 1.54) is 116 Å². The molecule has 0 unspecified atom stereocenters. The number of carbonyl (C=O) groups is 2. The smallest absolute Gasteiger partial charge is 0.306 e. The molecule has 0 spiro atoms. The fourth-order valence-electron chi connectivity index (χ4n) is 7.01. The Bertz CT molecular complexity index is 1060. The van der Waals surface area contributed by atoms with E-state index in [1.807, 2.05) is 20.2 Å². The second-order valence-electron chi connectivity index (χ2n) is 15.9. The van der Waals surface area contributed by atoms with E-state index in [2.05, 4.69) is 62.1 Å². The van der Waals surface area contributed by atoms with Gasteiger partial charge in [-0.15, -0.1) is 0 Å². The highest BCUT2D eigenvalue weighted by molar-refractivity contribution is 5.70. The molecule has 0 saturated carbocycles. The summed E-state index contributed by atoms with van der Waals surface area (Å²) in [6, 6.07) is 6.25. The Morgan fingerprint density at radius 1 is 0.547 bits per heavy atom. The van der Waals surface area contributed by atoms with Crippen LogP contribution in [0.2, 0.25) is 0 Å². The minimum absolute atomic E-state index is 0.0876. The van der Waals surface area contributed by atoms with Gasteiger partial charge in [-0.05, 0) is 94.1 Å². The predicted molar refractivity (Wildman–Crippen MR) is 227 cm³/mol. The van der Waals surface area contributed by atoms with E-state index in [1.54, 1.807) is 0 Å². The number of allylic oxidation sites excluding steroid dienone is 4. The van der Waals surface area contributed by atoms with Crippen molar-refractivity contribution in [3.05, 3.63) is 59.2 Å². The van der Waals surface area contributed by atoms with Crippen LogP contribution in [-0.4, -0.2) is 30.9 Å². The van der Waals surface area contributed by atoms with Crippen molar-refractivity contribution in [1.82, 2.24) is 4.90 Å². The van der Waals surface area contributed by atoms with Crippen molar-refractivity contribution >= 4 is 11.9 Å². The maximum absolute atomic E-state index is 13.1. The van der Waals surface area contributed by atoms with Gasteiger partial charge < -0.3 is 14.4 Å². The van der Waals surface area contributed by atoms with Gasteiger partial charge in [0.05, 0.1) is 0 Å². The second kappa shape index (κ2) is 35.3. The molecule has 0 radical (unpaired) electrons. The lowest BCUT2D eigenvalue weighted by molar-refractivity contribution is -0.146. The third-order valence-corrected chi connectivity index (χ3v) is 10.1. The monoisotopic (exact) mass is 738 g/mol. The molecule has 0 amide bonds. The van der Waals surface area contributed by atoms with Crippen LogP contribution < -0.4 is 0 Å². The van der Waals surface area contributed by atoms with Crippen molar-refractivity contribution in [2.75, 3.05) is 14.1 Å². The Morgan fingerprint density at radius 3 is 1.53 bits per heavy atom. The molecule has 0 fully saturated rings. The second-order valence-corrected chi connectivity index (χ2v) is 15.9. The SMILES string of the molecule is CCCCCC=CCC=CCCCCCCCC(=O)OCc1cc(COC(=O)CC(CCCCCCCC)CCCCCCCC)cc(CN(C)C)c1. The van der Waals surface area contributed by atoms with E-state index in [0.29, 0.717) is 18.8 Å². The Morgan fingerprint density at radius 2 is 0.981 bits per heavy atom. The predicted octanol–water partition coefficient (Wildman–Crippen LogP) is 14.2. The molecule has 0 aromatic heterocycles. The van der Waals surface area contributed by atoms with Gasteiger partial charge in [0.1, 0.15) is 13.2 Å². The van der Waals surface area contributed by atoms with Gasteiger partial charge in [-0.3, -0.25) is 9.59 Å². The van der Waals surface area contributed by atoms with Crippen LogP contribution in [0.3, 0.4) is 0 Å². The summed E-state index contributed by atoms with van der Waals surface area (Å²) in [4.78, 5) is 27.8. The van der Waals surface area contributed by atoms with Crippen LogP contribution in [0, 0.1) is 5.92 Å². The number of esters is 2. The van der Waals surface area contributed by atoms with Gasteiger partial charge in [0.2, 0.25) is 0 Å². The summed E-state index contributed by atoms with van der Waals surface area (Å²) in [5.41, 5.74) is 3.04. The highest BCUT2D eigenvalue weighted by Gasteiger charge is 2.16. The minimum Gasteiger partial charge on any atom is -0.461 e. The average molecular weight is 738 g/mol. The van der Waals surface area contributed by atoms with Crippen LogP contribution in [0.1, 0.15) is 211 Å². The first kappa shape index (κ1) is 48.6. The van der Waals surface area contributed by atoms with Crippen LogP contribution >= 0.6 is 0 Å². The summed E-state index contributed by atoms with van der Waals surface area (Å²) < 4.78 is 11.6. The van der Waals surface area contributed by atoms with Crippen molar-refractivity contribution < 1.29 is 19.1 Å². The van der Waals surface area contributed by atoms with Crippen molar-refractivity contribution in [3.63, 3.8) is 0 Å². The van der Waals surface area contributed by atoms with Gasteiger partial charge in [-0.1, -0.05) is 166 Å². The van der Waals surface area contributed by atoms with Gasteiger partial charge in [-0.25, -0.2) is 0 Å². The first-order chi connectivity index (χ1) is 25.9. The summed E-state index contributed by atoms with van der Waals surface area (Å²) in [6.45, 7) is 8.05. The van der Waals surface area contributed by atoms with Crippen LogP contribution in [0.15, 0.2) is 42.5 Å². The van der Waals surface area contributed by atoms with E-state index in [0.717, 1.165) is 68.2 Å². The molecule has 53 heavy (non-hydrogen) atoms. The minimum atomic E-state index is -0.136. The highest BCUT2D eigenvalue weighted by Crippen LogP contribution is 2.24. The van der Waals surface area contributed by atoms with E-state index in [4.69, 9.17) is 9.47 Å². The molecular formula is C48H83NO4. The highest BCUT2D eigenvalue weighted by atomic mass is 16.5. The number of rotatable bonds is 36. The Balaban J connectivity index is 2.48. The molecule has 0 bridgehead atoms. The summed E-state index contributed by atoms with van der Waals surface area (Å²) >= 11 is 0. The van der Waals surface area contributed by atoms with Crippen molar-refractivity contribution in [3.8, 4) is 0 Å². The lowest BCUT2D eigenvalue weighted by Gasteiger charge is -2.17. The van der Waals surface area contributed by atoms with E-state index in [-0.39, 0.29) is 25.2 Å². The first-order valence-electron chi connectivity index (χ1n) is 22.3. The molecule has 5 nitrogen and oxygen atoms in total. The zero-order valence-corrected chi connectivity index (χ0v) is 35.4. The third kappa shape index (κ3) is 30.6. The zero-order chi connectivity index (χ0) is 38.6. The number of carbonyl (C=O) groups excluding carboxylic acids is 2. The largest absolute Gasteiger partial charge is 0.461 e. The van der Waals surface area contributed by atoms with Crippen LogP contribution in [0.5, 0.6) is 0 Å². The van der Waals surface area contributed by atoms with Crippen LogP contribution in [0.4, 0.5) is 0 Å². The third-order valence-electron chi connectivity index (χ3n) is 10.1. The molecule has 1 aromatic carbocycles. The Labute approximate surface area is 328 Å². The Hall–Kier alpha value is -2.40. The number of hydrogen-bond donors (Lipinski definition) is 0. The lowest BCUT2D eigenvalue weighted by Crippen LogP contribution is -2.14. The van der Waals surface area contributed by atoms with Crippen LogP contribution in [0.25, 0.3) is 0 Å². The summed E-state index contributed by atoms with van der Waals surface area (Å²) in [5, 5.41) is 0. The number of hydrogen-bond acceptors (Lipinski definition) is 5. The van der Waals surface area contributed by atoms with Crippen LogP contribution in [-0.2, 0) is 38.8 Å². The number of ether oxygens (including phenoxy) is 2. The van der Waals surface area contributed by atoms with E-state index >= 15 is 0 Å². The summed E-state index contributed by atoms with van der Waals surface area (Å²) in [6.07, 6.45) is 40.6. The van der Waals surface area contributed by atoms with Gasteiger partial charge >= 0.3 is 11.9 Å². The van der Waals surface area contributed by atoms with Crippen molar-refractivity contribution in [2.45, 2.75) is 214 Å². The molecule has 0 aliphatic rings. The van der Waals surface area contributed by atoms with Crippen molar-refractivity contribution in [1.29, 1.82) is 0 Å². The molecular weight excluding hydrogens is 655 g/mol. The Kier molecular flexibility index (Phi) is 32.4. The maximum Gasteiger partial charge on any atom is 0.306 e. The van der Waals surface area contributed by atoms with Crippen molar-refractivity contribution in [2.24, 2.45) is 5.92 Å². The molecule has 0 atom stereocenters. The summed E-state index contributed by atoms with van der Waals surface area (Å²) in [7, 11) is 4.09. The molecule has 0 aliphatic carbocycles. The normalized spacial score (nSPS) is 11.8. The van der Waals surface area contributed by atoms with Gasteiger partial charge in [0.25, 0.3) is 0 Å². The maximum atomic E-state index is 13.1. The molecule has 0 N–H and O–H groups in total. The van der Waals surface area contributed by atoms with Gasteiger partial charge in [0.15, 0.2) is 0 Å². The fraction of sp³-hybridized carbons (Fsp3) is 0.750. The molecule has 0 aliphatic heterocycles. The number of benzene rings is 1. The van der Waals surface area contributed by atoms with E-state index < -0.39 is 0 Å². The zero-order valence-electron chi connectivity index (χ0n) is 35.4. The number of unbranched alkanes of at least 4 members (excludes halogenated alkanes) is 18.